The third-order valence-electron chi connectivity index (χ3n) is 2.37. The van der Waals surface area contributed by atoms with Crippen molar-refractivity contribution in [3.63, 3.8) is 0 Å². The predicted molar refractivity (Wildman–Crippen MR) is 80.0 cm³/mol. The molecule has 4 nitrogen and oxygen atoms in total. The zero-order chi connectivity index (χ0) is 14.5. The molecule has 2 heterocycles. The van der Waals surface area contributed by atoms with E-state index in [1.165, 1.54) is 11.8 Å². The van der Waals surface area contributed by atoms with Crippen molar-refractivity contribution in [2.45, 2.75) is 5.03 Å². The van der Waals surface area contributed by atoms with Crippen LogP contribution in [-0.2, 0) is 4.74 Å². The van der Waals surface area contributed by atoms with Gasteiger partial charge in [0.25, 0.3) is 0 Å². The van der Waals surface area contributed by atoms with Gasteiger partial charge in [0.15, 0.2) is 6.61 Å². The number of carbonyl (C=O) groups excluding carboxylic acids is 2. The van der Waals surface area contributed by atoms with E-state index in [-0.39, 0.29) is 12.4 Å². The number of rotatable bonds is 5. The molecule has 104 valence electrons. The second kappa shape index (κ2) is 6.88. The van der Waals surface area contributed by atoms with Gasteiger partial charge in [0, 0.05) is 6.20 Å². The first kappa shape index (κ1) is 15.0. The predicted octanol–water partition coefficient (Wildman–Crippen LogP) is 3.56. The number of Topliss-reactive ketones (excluding diaryl/α,β-unsaturated/α-hetero) is 1. The zero-order valence-corrected chi connectivity index (χ0v) is 12.8. The Morgan fingerprint density at radius 3 is 2.85 bits per heavy atom. The quantitative estimate of drug-likeness (QED) is 0.477. The van der Waals surface area contributed by atoms with E-state index in [0.717, 1.165) is 11.3 Å². The Kier molecular flexibility index (Phi) is 5.17. The minimum atomic E-state index is -0.557. The van der Waals surface area contributed by atoms with Gasteiger partial charge in [-0.1, -0.05) is 11.6 Å². The Hall–Kier alpha value is -1.37. The molecular weight excluding hydrogens is 318 g/mol. The van der Waals surface area contributed by atoms with Gasteiger partial charge in [-0.15, -0.1) is 23.1 Å². The fourth-order valence-electron chi connectivity index (χ4n) is 1.45. The van der Waals surface area contributed by atoms with E-state index in [9.17, 15) is 9.59 Å². The van der Waals surface area contributed by atoms with Gasteiger partial charge in [-0.05, 0) is 30.5 Å². The molecule has 2 rings (SSSR count). The van der Waals surface area contributed by atoms with Gasteiger partial charge < -0.3 is 4.74 Å². The average molecular weight is 328 g/mol. The molecule has 0 aromatic carbocycles. The number of pyridine rings is 1. The number of hydrogen-bond acceptors (Lipinski definition) is 6. The number of halogens is 1. The number of nitrogens with zero attached hydrogens (tertiary/aromatic N) is 1. The Labute approximate surface area is 129 Å². The number of carbonyl (C=O) groups is 2. The zero-order valence-electron chi connectivity index (χ0n) is 10.5. The molecule has 0 fully saturated rings. The summed E-state index contributed by atoms with van der Waals surface area (Å²) in [6.07, 6.45) is 3.42. The van der Waals surface area contributed by atoms with E-state index in [1.807, 2.05) is 6.26 Å². The molecule has 0 saturated heterocycles. The van der Waals surface area contributed by atoms with Crippen LogP contribution in [0.5, 0.6) is 0 Å². The van der Waals surface area contributed by atoms with Crippen molar-refractivity contribution in [1.29, 1.82) is 0 Å². The van der Waals surface area contributed by atoms with Gasteiger partial charge in [0.1, 0.15) is 5.03 Å². The van der Waals surface area contributed by atoms with Gasteiger partial charge in [-0.25, -0.2) is 9.78 Å². The minimum absolute atomic E-state index is 0.273. The maximum absolute atomic E-state index is 11.9. The lowest BCUT2D eigenvalue weighted by atomic mass is 10.3. The number of esters is 1. The van der Waals surface area contributed by atoms with Crippen molar-refractivity contribution >= 4 is 46.5 Å². The van der Waals surface area contributed by atoms with Crippen molar-refractivity contribution in [2.75, 3.05) is 12.9 Å². The monoisotopic (exact) mass is 327 g/mol. The van der Waals surface area contributed by atoms with E-state index in [1.54, 1.807) is 30.5 Å². The van der Waals surface area contributed by atoms with Gasteiger partial charge >= 0.3 is 5.97 Å². The van der Waals surface area contributed by atoms with Crippen LogP contribution in [0.15, 0.2) is 35.5 Å². The molecule has 2 aromatic rings. The molecular formula is C13H10ClNO3S2. The van der Waals surface area contributed by atoms with Crippen LogP contribution in [0.2, 0.25) is 4.34 Å². The molecule has 0 radical (unpaired) electrons. The standard InChI is InChI=1S/C13H10ClNO3S2/c1-19-12-8(3-2-6-15-12)13(17)18-7-9(16)10-4-5-11(14)20-10/h2-6H,7H2,1H3. The molecule has 0 aliphatic carbocycles. The molecule has 7 heteroatoms. The summed E-state index contributed by atoms with van der Waals surface area (Å²) < 4.78 is 5.54. The first-order chi connectivity index (χ1) is 9.61. The number of ketones is 1. The smallest absolute Gasteiger partial charge is 0.341 e. The summed E-state index contributed by atoms with van der Waals surface area (Å²) in [7, 11) is 0. The maximum Gasteiger partial charge on any atom is 0.341 e. The van der Waals surface area contributed by atoms with Crippen molar-refractivity contribution in [2.24, 2.45) is 0 Å². The van der Waals surface area contributed by atoms with E-state index >= 15 is 0 Å². The highest BCUT2D eigenvalue weighted by atomic mass is 35.5. The number of thiophene rings is 1. The first-order valence-electron chi connectivity index (χ1n) is 5.56. The van der Waals surface area contributed by atoms with Crippen molar-refractivity contribution in [3.05, 3.63) is 45.2 Å². The van der Waals surface area contributed by atoms with Crippen LogP contribution in [0.4, 0.5) is 0 Å². The van der Waals surface area contributed by atoms with Crippen LogP contribution in [0.25, 0.3) is 0 Å². The third-order valence-corrected chi connectivity index (χ3v) is 4.35. The number of aromatic nitrogens is 1. The molecule has 0 aliphatic rings. The van der Waals surface area contributed by atoms with Gasteiger partial charge in [-0.2, -0.15) is 0 Å². The molecule has 0 N–H and O–H groups in total. The van der Waals surface area contributed by atoms with Crippen LogP contribution in [-0.4, -0.2) is 29.6 Å². The summed E-state index contributed by atoms with van der Waals surface area (Å²) in [5.41, 5.74) is 0.358. The highest BCUT2D eigenvalue weighted by Gasteiger charge is 2.16. The fraction of sp³-hybridized carbons (Fsp3) is 0.154. The fourth-order valence-corrected chi connectivity index (χ4v) is 2.96. The molecule has 2 aromatic heterocycles. The summed E-state index contributed by atoms with van der Waals surface area (Å²) in [6.45, 7) is -0.307. The lowest BCUT2D eigenvalue weighted by Gasteiger charge is -2.06. The summed E-state index contributed by atoms with van der Waals surface area (Å²) in [5.74, 6) is -0.830. The van der Waals surface area contributed by atoms with E-state index in [4.69, 9.17) is 16.3 Å². The molecule has 0 atom stereocenters. The van der Waals surface area contributed by atoms with Gasteiger partial charge in [-0.3, -0.25) is 4.79 Å². The second-order valence-corrected chi connectivity index (χ2v) is 6.17. The number of ether oxygens (including phenoxy) is 1. The SMILES string of the molecule is CSc1ncccc1C(=O)OCC(=O)c1ccc(Cl)s1. The second-order valence-electron chi connectivity index (χ2n) is 3.66. The number of thioether (sulfide) groups is 1. The molecule has 0 saturated carbocycles. The van der Waals surface area contributed by atoms with Crippen LogP contribution in [0.1, 0.15) is 20.0 Å². The lowest BCUT2D eigenvalue weighted by molar-refractivity contribution is 0.0471. The summed E-state index contributed by atoms with van der Waals surface area (Å²) in [6, 6.07) is 6.51. The highest BCUT2D eigenvalue weighted by Crippen LogP contribution is 2.22. The Balaban J connectivity index is 2.00. The summed E-state index contributed by atoms with van der Waals surface area (Å²) in [4.78, 5) is 28.3. The van der Waals surface area contributed by atoms with Crippen LogP contribution < -0.4 is 0 Å². The molecule has 0 unspecified atom stereocenters. The van der Waals surface area contributed by atoms with Gasteiger partial charge in [0.05, 0.1) is 14.8 Å². The van der Waals surface area contributed by atoms with Crippen LogP contribution >= 0.6 is 34.7 Å². The van der Waals surface area contributed by atoms with Crippen molar-refractivity contribution < 1.29 is 14.3 Å². The third kappa shape index (κ3) is 3.59. The van der Waals surface area contributed by atoms with Crippen LogP contribution in [0, 0.1) is 0 Å². The van der Waals surface area contributed by atoms with Crippen molar-refractivity contribution in [3.8, 4) is 0 Å². The Morgan fingerprint density at radius 1 is 1.40 bits per heavy atom. The van der Waals surface area contributed by atoms with E-state index < -0.39 is 5.97 Å². The molecule has 0 amide bonds. The largest absolute Gasteiger partial charge is 0.454 e. The van der Waals surface area contributed by atoms with Crippen LogP contribution in [0.3, 0.4) is 0 Å². The molecule has 20 heavy (non-hydrogen) atoms. The normalized spacial score (nSPS) is 10.3. The lowest BCUT2D eigenvalue weighted by Crippen LogP contribution is -2.14. The Morgan fingerprint density at radius 2 is 2.20 bits per heavy atom. The Bertz CT molecular complexity index is 642. The maximum atomic E-state index is 11.9. The average Bonchev–Trinajstić information content (AvgIpc) is 2.91. The first-order valence-corrected chi connectivity index (χ1v) is 7.98. The van der Waals surface area contributed by atoms with Crippen molar-refractivity contribution in [1.82, 2.24) is 4.98 Å². The molecule has 0 bridgehead atoms. The van der Waals surface area contributed by atoms with E-state index in [2.05, 4.69) is 4.98 Å². The summed E-state index contributed by atoms with van der Waals surface area (Å²) in [5, 5.41) is 0.573. The summed E-state index contributed by atoms with van der Waals surface area (Å²) >= 11 is 8.25. The van der Waals surface area contributed by atoms with Gasteiger partial charge in [0.2, 0.25) is 5.78 Å². The molecule has 0 aliphatic heterocycles. The molecule has 0 spiro atoms. The van der Waals surface area contributed by atoms with E-state index in [0.29, 0.717) is 19.8 Å². The highest BCUT2D eigenvalue weighted by molar-refractivity contribution is 7.98. The topological polar surface area (TPSA) is 56.3 Å². The minimum Gasteiger partial charge on any atom is -0.454 e. The number of hydrogen-bond donors (Lipinski definition) is 0.